The van der Waals surface area contributed by atoms with Gasteiger partial charge in [-0.2, -0.15) is 0 Å². The molecule has 0 spiro atoms. The summed E-state index contributed by atoms with van der Waals surface area (Å²) in [6, 6.07) is 16.5. The Balaban J connectivity index is 1.63. The van der Waals surface area contributed by atoms with Gasteiger partial charge in [-0.05, 0) is 68.0 Å². The van der Waals surface area contributed by atoms with Crippen LogP contribution in [0.2, 0.25) is 0 Å². The van der Waals surface area contributed by atoms with Gasteiger partial charge >= 0.3 is 5.97 Å². The zero-order chi connectivity index (χ0) is 20.9. The maximum Gasteiger partial charge on any atom is 0.306 e. The van der Waals surface area contributed by atoms with Gasteiger partial charge in [0.25, 0.3) is 0 Å². The zero-order valence-electron chi connectivity index (χ0n) is 17.7. The van der Waals surface area contributed by atoms with Crippen LogP contribution in [0.5, 0.6) is 11.5 Å². The Morgan fingerprint density at radius 3 is 1.97 bits per heavy atom. The monoisotopic (exact) mass is 398 g/mol. The molecule has 2 aromatic rings. The number of carboxylic acids is 1. The van der Waals surface area contributed by atoms with E-state index in [1.54, 1.807) is 0 Å². The lowest BCUT2D eigenvalue weighted by Crippen LogP contribution is -2.12. The number of benzene rings is 2. The summed E-state index contributed by atoms with van der Waals surface area (Å²) in [5.41, 5.74) is 2.53. The first-order chi connectivity index (χ1) is 14.1. The number of hydrogen-bond donors (Lipinski definition) is 1. The highest BCUT2D eigenvalue weighted by Crippen LogP contribution is 2.18. The van der Waals surface area contributed by atoms with Gasteiger partial charge < -0.3 is 14.6 Å². The van der Waals surface area contributed by atoms with E-state index in [0.29, 0.717) is 13.2 Å². The molecule has 0 aliphatic carbocycles. The number of unbranched alkanes of at least 4 members (excludes halogenated alkanes) is 2. The third-order valence-corrected chi connectivity index (χ3v) is 5.18. The molecule has 0 saturated carbocycles. The quantitative estimate of drug-likeness (QED) is 0.401. The fourth-order valence-corrected chi connectivity index (χ4v) is 3.36. The first-order valence-electron chi connectivity index (χ1n) is 10.8. The molecule has 4 nitrogen and oxygen atoms in total. The summed E-state index contributed by atoms with van der Waals surface area (Å²) in [5, 5.41) is 9.07. The Labute approximate surface area is 174 Å². The van der Waals surface area contributed by atoms with Gasteiger partial charge in [0, 0.05) is 6.42 Å². The third kappa shape index (κ3) is 8.59. The molecule has 1 N–H and O–H groups in total. The Bertz CT molecular complexity index is 707. The minimum atomic E-state index is -0.661. The van der Waals surface area contributed by atoms with Crippen molar-refractivity contribution >= 4 is 5.97 Å². The van der Waals surface area contributed by atoms with Crippen LogP contribution in [0.15, 0.2) is 48.5 Å². The molecule has 2 rings (SSSR count). The molecule has 0 aliphatic rings. The standard InChI is InChI=1S/C25H34O4/c1-3-22(25(26)27)9-7-5-6-8-20-10-16-24(17-11-20)29-19-18-21-12-14-23(15-13-21)28-4-2/h10-17,22H,3-9,18-19H2,1-2H3,(H,26,27). The van der Waals surface area contributed by atoms with Crippen molar-refractivity contribution < 1.29 is 19.4 Å². The lowest BCUT2D eigenvalue weighted by molar-refractivity contribution is -0.142. The second-order valence-corrected chi connectivity index (χ2v) is 7.36. The summed E-state index contributed by atoms with van der Waals surface area (Å²) in [7, 11) is 0. The van der Waals surface area contributed by atoms with Crippen LogP contribution in [0, 0.1) is 5.92 Å². The predicted molar refractivity (Wildman–Crippen MR) is 117 cm³/mol. The molecule has 158 valence electrons. The Morgan fingerprint density at radius 1 is 0.828 bits per heavy atom. The van der Waals surface area contributed by atoms with Crippen LogP contribution in [0.3, 0.4) is 0 Å². The summed E-state index contributed by atoms with van der Waals surface area (Å²) < 4.78 is 11.3. The molecular formula is C25H34O4. The average molecular weight is 399 g/mol. The fourth-order valence-electron chi connectivity index (χ4n) is 3.36. The molecule has 0 fully saturated rings. The lowest BCUT2D eigenvalue weighted by Gasteiger charge is -2.10. The van der Waals surface area contributed by atoms with E-state index >= 15 is 0 Å². The Morgan fingerprint density at radius 2 is 1.41 bits per heavy atom. The van der Waals surface area contributed by atoms with Gasteiger partial charge in [-0.3, -0.25) is 4.79 Å². The zero-order valence-corrected chi connectivity index (χ0v) is 17.7. The number of carbonyl (C=O) groups is 1. The Kier molecular flexibility index (Phi) is 10.1. The van der Waals surface area contributed by atoms with E-state index in [1.807, 2.05) is 38.1 Å². The maximum absolute atomic E-state index is 11.0. The van der Waals surface area contributed by atoms with Crippen LogP contribution in [0.4, 0.5) is 0 Å². The van der Waals surface area contributed by atoms with E-state index in [1.165, 1.54) is 11.1 Å². The molecule has 0 amide bonds. The number of aliphatic carboxylic acids is 1. The van der Waals surface area contributed by atoms with Gasteiger partial charge in [0.2, 0.25) is 0 Å². The van der Waals surface area contributed by atoms with E-state index in [-0.39, 0.29) is 5.92 Å². The topological polar surface area (TPSA) is 55.8 Å². The van der Waals surface area contributed by atoms with Crippen molar-refractivity contribution in [3.63, 3.8) is 0 Å². The molecule has 0 aliphatic heterocycles. The number of carboxylic acid groups (broad SMARTS) is 1. The molecule has 0 bridgehead atoms. The smallest absolute Gasteiger partial charge is 0.306 e. The van der Waals surface area contributed by atoms with E-state index in [9.17, 15) is 4.79 Å². The van der Waals surface area contributed by atoms with Gasteiger partial charge in [-0.15, -0.1) is 0 Å². The lowest BCUT2D eigenvalue weighted by atomic mass is 9.98. The maximum atomic E-state index is 11.0. The first-order valence-corrected chi connectivity index (χ1v) is 10.8. The fraction of sp³-hybridized carbons (Fsp3) is 0.480. The second kappa shape index (κ2) is 12.9. The number of aryl methyl sites for hydroxylation is 1. The van der Waals surface area contributed by atoms with Crippen molar-refractivity contribution in [3.05, 3.63) is 59.7 Å². The first kappa shape index (κ1) is 22.8. The minimum absolute atomic E-state index is 0.186. The van der Waals surface area contributed by atoms with Gasteiger partial charge in [0.05, 0.1) is 19.1 Å². The van der Waals surface area contributed by atoms with Crippen molar-refractivity contribution in [1.82, 2.24) is 0 Å². The van der Waals surface area contributed by atoms with Gasteiger partial charge in [0.15, 0.2) is 0 Å². The number of rotatable bonds is 14. The van der Waals surface area contributed by atoms with Crippen LogP contribution in [-0.4, -0.2) is 24.3 Å². The van der Waals surface area contributed by atoms with Crippen molar-refractivity contribution in [3.8, 4) is 11.5 Å². The van der Waals surface area contributed by atoms with Crippen molar-refractivity contribution in [2.75, 3.05) is 13.2 Å². The molecule has 0 radical (unpaired) electrons. The molecule has 1 unspecified atom stereocenters. The molecule has 2 aromatic carbocycles. The normalized spacial score (nSPS) is 11.8. The van der Waals surface area contributed by atoms with Gasteiger partial charge in [-0.1, -0.05) is 44.0 Å². The highest BCUT2D eigenvalue weighted by Gasteiger charge is 2.13. The SMILES string of the molecule is CCOc1ccc(CCOc2ccc(CCCCCC(CC)C(=O)O)cc2)cc1. The summed E-state index contributed by atoms with van der Waals surface area (Å²) in [6.45, 7) is 5.26. The molecule has 0 saturated heterocycles. The van der Waals surface area contributed by atoms with Gasteiger partial charge in [0.1, 0.15) is 11.5 Å². The van der Waals surface area contributed by atoms with E-state index < -0.39 is 5.97 Å². The van der Waals surface area contributed by atoms with Crippen molar-refractivity contribution in [2.24, 2.45) is 5.92 Å². The van der Waals surface area contributed by atoms with Crippen LogP contribution >= 0.6 is 0 Å². The summed E-state index contributed by atoms with van der Waals surface area (Å²) >= 11 is 0. The minimum Gasteiger partial charge on any atom is -0.494 e. The Hall–Kier alpha value is -2.49. The van der Waals surface area contributed by atoms with Crippen LogP contribution in [-0.2, 0) is 17.6 Å². The van der Waals surface area contributed by atoms with E-state index in [2.05, 4.69) is 24.3 Å². The number of hydrogen-bond acceptors (Lipinski definition) is 3. The summed E-state index contributed by atoms with van der Waals surface area (Å²) in [5.74, 6) is 0.950. The molecule has 0 heterocycles. The third-order valence-electron chi connectivity index (χ3n) is 5.18. The predicted octanol–water partition coefficient (Wildman–Crippen LogP) is 5.92. The average Bonchev–Trinajstić information content (AvgIpc) is 2.73. The molecule has 1 atom stereocenters. The van der Waals surface area contributed by atoms with Crippen LogP contribution < -0.4 is 9.47 Å². The van der Waals surface area contributed by atoms with Gasteiger partial charge in [-0.25, -0.2) is 0 Å². The molecule has 4 heteroatoms. The molecular weight excluding hydrogens is 364 g/mol. The molecule has 0 aromatic heterocycles. The summed E-state index contributed by atoms with van der Waals surface area (Å²) in [6.07, 6.45) is 6.54. The van der Waals surface area contributed by atoms with Crippen molar-refractivity contribution in [2.45, 2.75) is 58.8 Å². The van der Waals surface area contributed by atoms with Crippen LogP contribution in [0.1, 0.15) is 57.1 Å². The molecule has 29 heavy (non-hydrogen) atoms. The second-order valence-electron chi connectivity index (χ2n) is 7.36. The van der Waals surface area contributed by atoms with E-state index in [0.717, 1.165) is 56.4 Å². The van der Waals surface area contributed by atoms with E-state index in [4.69, 9.17) is 14.6 Å². The highest BCUT2D eigenvalue weighted by molar-refractivity contribution is 5.69. The number of ether oxygens (including phenoxy) is 2. The highest BCUT2D eigenvalue weighted by atomic mass is 16.5. The summed E-state index contributed by atoms with van der Waals surface area (Å²) in [4.78, 5) is 11.0. The largest absolute Gasteiger partial charge is 0.494 e. The van der Waals surface area contributed by atoms with Crippen molar-refractivity contribution in [1.29, 1.82) is 0 Å². The van der Waals surface area contributed by atoms with Crippen LogP contribution in [0.25, 0.3) is 0 Å².